The fraction of sp³-hybridized carbons (Fsp3) is 0.364. The molecule has 6 heteroatoms. The fourth-order valence-electron chi connectivity index (χ4n) is 1.46. The third kappa shape index (κ3) is 2.71. The van der Waals surface area contributed by atoms with E-state index < -0.39 is 0 Å². The first kappa shape index (κ1) is 11.8. The number of nitrogen functional groups attached to an aromatic ring is 1. The molecular formula is C11H14N4OS. The third-order valence-electron chi connectivity index (χ3n) is 2.37. The van der Waals surface area contributed by atoms with Gasteiger partial charge in [-0.1, -0.05) is 13.3 Å². The molecule has 2 rings (SSSR count). The number of unbranched alkanes of at least 4 members (excludes halogenated alkanes) is 1. The molecule has 0 fully saturated rings. The first-order chi connectivity index (χ1) is 8.20. The minimum atomic E-state index is -0.0783. The molecule has 2 heterocycles. The Morgan fingerprint density at radius 3 is 2.88 bits per heavy atom. The Kier molecular flexibility index (Phi) is 3.53. The van der Waals surface area contributed by atoms with Crippen molar-refractivity contribution in [2.24, 2.45) is 0 Å². The second-order valence-electron chi connectivity index (χ2n) is 3.70. The summed E-state index contributed by atoms with van der Waals surface area (Å²) in [6.07, 6.45) is 1.97. The van der Waals surface area contributed by atoms with Crippen molar-refractivity contribution in [3.63, 3.8) is 0 Å². The molecule has 0 spiro atoms. The molecule has 17 heavy (non-hydrogen) atoms. The zero-order chi connectivity index (χ0) is 12.3. The highest BCUT2D eigenvalue weighted by Crippen LogP contribution is 2.20. The molecule has 2 aromatic rings. The van der Waals surface area contributed by atoms with Crippen LogP contribution in [-0.2, 0) is 6.54 Å². The first-order valence-electron chi connectivity index (χ1n) is 5.50. The highest BCUT2D eigenvalue weighted by atomic mass is 32.1. The van der Waals surface area contributed by atoms with Gasteiger partial charge >= 0.3 is 0 Å². The van der Waals surface area contributed by atoms with Crippen molar-refractivity contribution in [1.29, 1.82) is 0 Å². The van der Waals surface area contributed by atoms with Crippen molar-refractivity contribution in [1.82, 2.24) is 14.8 Å². The summed E-state index contributed by atoms with van der Waals surface area (Å²) in [6, 6.07) is 3.20. The van der Waals surface area contributed by atoms with E-state index in [4.69, 9.17) is 5.73 Å². The van der Waals surface area contributed by atoms with Crippen molar-refractivity contribution >= 4 is 16.5 Å². The number of rotatable bonds is 4. The zero-order valence-electron chi connectivity index (χ0n) is 9.59. The van der Waals surface area contributed by atoms with Crippen molar-refractivity contribution in [2.45, 2.75) is 26.3 Å². The summed E-state index contributed by atoms with van der Waals surface area (Å²) in [7, 11) is 0. The van der Waals surface area contributed by atoms with Gasteiger partial charge in [-0.25, -0.2) is 9.67 Å². The molecule has 0 aliphatic rings. The molecule has 0 aromatic carbocycles. The Morgan fingerprint density at radius 2 is 2.24 bits per heavy atom. The van der Waals surface area contributed by atoms with Gasteiger partial charge in [0.25, 0.3) is 5.56 Å². The van der Waals surface area contributed by atoms with Crippen LogP contribution < -0.4 is 11.3 Å². The number of nitrogens with two attached hydrogens (primary N) is 1. The molecule has 2 aromatic heterocycles. The minimum Gasteiger partial charge on any atom is -0.375 e. The SMILES string of the molecule is CCCCn1nc(-c2csc(N)n2)ccc1=O. The Morgan fingerprint density at radius 1 is 1.41 bits per heavy atom. The van der Waals surface area contributed by atoms with Crippen LogP contribution in [0.15, 0.2) is 22.3 Å². The summed E-state index contributed by atoms with van der Waals surface area (Å²) < 4.78 is 1.48. The fourth-order valence-corrected chi connectivity index (χ4v) is 2.02. The summed E-state index contributed by atoms with van der Waals surface area (Å²) >= 11 is 1.37. The van der Waals surface area contributed by atoms with Gasteiger partial charge in [0, 0.05) is 18.0 Å². The van der Waals surface area contributed by atoms with E-state index in [1.165, 1.54) is 22.1 Å². The Hall–Kier alpha value is -1.69. The molecule has 0 saturated carbocycles. The number of aromatic nitrogens is 3. The lowest BCUT2D eigenvalue weighted by Gasteiger charge is -2.04. The molecule has 5 nitrogen and oxygen atoms in total. The molecule has 0 atom stereocenters. The number of anilines is 1. The van der Waals surface area contributed by atoms with Gasteiger partial charge < -0.3 is 5.73 Å². The molecule has 0 saturated heterocycles. The highest BCUT2D eigenvalue weighted by molar-refractivity contribution is 7.13. The average molecular weight is 250 g/mol. The predicted molar refractivity (Wildman–Crippen MR) is 68.9 cm³/mol. The maximum absolute atomic E-state index is 11.6. The molecule has 0 unspecified atom stereocenters. The van der Waals surface area contributed by atoms with Gasteiger partial charge in [-0.3, -0.25) is 4.79 Å². The Bertz CT molecular complexity index is 561. The van der Waals surface area contributed by atoms with Gasteiger partial charge in [0.15, 0.2) is 5.13 Å². The van der Waals surface area contributed by atoms with Crippen LogP contribution in [-0.4, -0.2) is 14.8 Å². The van der Waals surface area contributed by atoms with Crippen molar-refractivity contribution in [3.05, 3.63) is 27.9 Å². The lowest BCUT2D eigenvalue weighted by Crippen LogP contribution is -2.22. The van der Waals surface area contributed by atoms with E-state index in [0.29, 0.717) is 17.4 Å². The van der Waals surface area contributed by atoms with Crippen LogP contribution in [0.25, 0.3) is 11.4 Å². The van der Waals surface area contributed by atoms with E-state index in [1.807, 2.05) is 5.38 Å². The summed E-state index contributed by atoms with van der Waals surface area (Å²) in [6.45, 7) is 2.72. The standard InChI is InChI=1S/C11H14N4OS/c1-2-3-6-15-10(16)5-4-8(14-15)9-7-17-11(12)13-9/h4-5,7H,2-3,6H2,1H3,(H2,12,13). The van der Waals surface area contributed by atoms with Crippen molar-refractivity contribution in [3.8, 4) is 11.4 Å². The van der Waals surface area contributed by atoms with Crippen LogP contribution in [0.5, 0.6) is 0 Å². The molecular weight excluding hydrogens is 236 g/mol. The monoisotopic (exact) mass is 250 g/mol. The molecule has 0 bridgehead atoms. The second kappa shape index (κ2) is 5.09. The van der Waals surface area contributed by atoms with Gasteiger partial charge in [-0.05, 0) is 12.5 Å². The smallest absolute Gasteiger partial charge is 0.266 e. The largest absolute Gasteiger partial charge is 0.375 e. The van der Waals surface area contributed by atoms with Crippen LogP contribution in [0.3, 0.4) is 0 Å². The van der Waals surface area contributed by atoms with E-state index in [9.17, 15) is 4.79 Å². The van der Waals surface area contributed by atoms with Crippen LogP contribution in [0, 0.1) is 0 Å². The summed E-state index contributed by atoms with van der Waals surface area (Å²) in [5.74, 6) is 0. The second-order valence-corrected chi connectivity index (χ2v) is 4.59. The third-order valence-corrected chi connectivity index (χ3v) is 3.05. The van der Waals surface area contributed by atoms with E-state index >= 15 is 0 Å². The quantitative estimate of drug-likeness (QED) is 0.897. The lowest BCUT2D eigenvalue weighted by molar-refractivity contribution is 0.545. The number of hydrogen-bond acceptors (Lipinski definition) is 5. The number of thiazole rings is 1. The average Bonchev–Trinajstić information content (AvgIpc) is 2.75. The topological polar surface area (TPSA) is 73.8 Å². The molecule has 0 aliphatic carbocycles. The van der Waals surface area contributed by atoms with Crippen molar-refractivity contribution in [2.75, 3.05) is 5.73 Å². The molecule has 2 N–H and O–H groups in total. The minimum absolute atomic E-state index is 0.0783. The number of nitrogens with zero attached hydrogens (tertiary/aromatic N) is 3. The van der Waals surface area contributed by atoms with Crippen LogP contribution in [0.1, 0.15) is 19.8 Å². The van der Waals surface area contributed by atoms with Gasteiger partial charge in [0.2, 0.25) is 0 Å². The Balaban J connectivity index is 2.33. The Labute approximate surface area is 103 Å². The predicted octanol–water partition coefficient (Wildman–Crippen LogP) is 1.75. The highest BCUT2D eigenvalue weighted by Gasteiger charge is 2.06. The molecule has 0 amide bonds. The van der Waals surface area contributed by atoms with Gasteiger partial charge in [-0.2, -0.15) is 5.10 Å². The van der Waals surface area contributed by atoms with E-state index in [0.717, 1.165) is 18.5 Å². The van der Waals surface area contributed by atoms with Crippen LogP contribution in [0.4, 0.5) is 5.13 Å². The first-order valence-corrected chi connectivity index (χ1v) is 6.38. The zero-order valence-corrected chi connectivity index (χ0v) is 10.4. The number of aryl methyl sites for hydroxylation is 1. The van der Waals surface area contributed by atoms with Crippen molar-refractivity contribution < 1.29 is 0 Å². The number of hydrogen-bond donors (Lipinski definition) is 1. The van der Waals surface area contributed by atoms with Crippen LogP contribution in [0.2, 0.25) is 0 Å². The van der Waals surface area contributed by atoms with E-state index in [-0.39, 0.29) is 5.56 Å². The van der Waals surface area contributed by atoms with Gasteiger partial charge in [-0.15, -0.1) is 11.3 Å². The molecule has 90 valence electrons. The van der Waals surface area contributed by atoms with Crippen LogP contribution >= 0.6 is 11.3 Å². The summed E-state index contributed by atoms with van der Waals surface area (Å²) in [4.78, 5) is 15.7. The normalized spacial score (nSPS) is 10.6. The van der Waals surface area contributed by atoms with Gasteiger partial charge in [0.1, 0.15) is 11.4 Å². The van der Waals surface area contributed by atoms with Gasteiger partial charge in [0.05, 0.1) is 0 Å². The maximum Gasteiger partial charge on any atom is 0.266 e. The summed E-state index contributed by atoms with van der Waals surface area (Å²) in [5, 5.41) is 6.63. The summed E-state index contributed by atoms with van der Waals surface area (Å²) in [5.41, 5.74) is 6.91. The lowest BCUT2D eigenvalue weighted by atomic mass is 10.3. The molecule has 0 aliphatic heterocycles. The molecule has 0 radical (unpaired) electrons. The maximum atomic E-state index is 11.6. The van der Waals surface area contributed by atoms with E-state index in [2.05, 4.69) is 17.0 Å². The van der Waals surface area contributed by atoms with E-state index in [1.54, 1.807) is 6.07 Å².